The molecule has 0 spiro atoms. The summed E-state index contributed by atoms with van der Waals surface area (Å²) in [5.41, 5.74) is 11.8. The summed E-state index contributed by atoms with van der Waals surface area (Å²) in [4.78, 5) is 6.41. The molecule has 1 rings (SSSR count). The Morgan fingerprint density at radius 1 is 1.36 bits per heavy atom. The van der Waals surface area contributed by atoms with Gasteiger partial charge in [0, 0.05) is 12.6 Å². The van der Waals surface area contributed by atoms with Crippen molar-refractivity contribution in [2.45, 2.75) is 26.8 Å². The van der Waals surface area contributed by atoms with E-state index in [0.717, 1.165) is 12.4 Å². The molecule has 4 nitrogen and oxygen atoms in total. The van der Waals surface area contributed by atoms with Crippen molar-refractivity contribution in [1.29, 1.82) is 0 Å². The van der Waals surface area contributed by atoms with Crippen LogP contribution >= 0.6 is 0 Å². The number of hydrogen-bond donors (Lipinski definition) is 2. The second-order valence-corrected chi connectivity index (χ2v) is 3.52. The molecule has 1 aromatic rings. The number of nitrogens with zero attached hydrogens (tertiary/aromatic N) is 2. The zero-order chi connectivity index (χ0) is 10.7. The maximum absolute atomic E-state index is 5.65. The minimum absolute atomic E-state index is 0.404. The molecular formula is C10H18N4. The molecule has 4 N–H and O–H groups in total. The van der Waals surface area contributed by atoms with Gasteiger partial charge in [0.25, 0.3) is 0 Å². The zero-order valence-electron chi connectivity index (χ0n) is 8.99. The lowest BCUT2D eigenvalue weighted by atomic mass is 10.3. The van der Waals surface area contributed by atoms with E-state index in [9.17, 15) is 0 Å². The number of aromatic nitrogens is 1. The van der Waals surface area contributed by atoms with Gasteiger partial charge in [-0.15, -0.1) is 0 Å². The summed E-state index contributed by atoms with van der Waals surface area (Å²) in [5, 5.41) is 0. The Kier molecular flexibility index (Phi) is 3.17. The fourth-order valence-electron chi connectivity index (χ4n) is 1.43. The summed E-state index contributed by atoms with van der Waals surface area (Å²) < 4.78 is 0. The summed E-state index contributed by atoms with van der Waals surface area (Å²) in [6, 6.07) is 4.10. The van der Waals surface area contributed by atoms with Gasteiger partial charge >= 0.3 is 0 Å². The predicted molar refractivity (Wildman–Crippen MR) is 61.2 cm³/mol. The molecule has 0 aliphatic rings. The molecule has 0 aliphatic carbocycles. The molecule has 14 heavy (non-hydrogen) atoms. The molecule has 78 valence electrons. The summed E-state index contributed by atoms with van der Waals surface area (Å²) >= 11 is 0. The number of nitrogens with two attached hydrogens (primary N) is 2. The molecule has 0 atom stereocenters. The average molecular weight is 194 g/mol. The van der Waals surface area contributed by atoms with Crippen LogP contribution in [0.4, 0.5) is 17.3 Å². The van der Waals surface area contributed by atoms with Crippen LogP contribution in [0.25, 0.3) is 0 Å². The van der Waals surface area contributed by atoms with E-state index in [-0.39, 0.29) is 0 Å². The maximum Gasteiger partial charge on any atom is 0.149 e. The van der Waals surface area contributed by atoms with Gasteiger partial charge in [0.05, 0.1) is 5.69 Å². The topological polar surface area (TPSA) is 68.2 Å². The van der Waals surface area contributed by atoms with Crippen LogP contribution in [-0.4, -0.2) is 17.6 Å². The highest BCUT2D eigenvalue weighted by molar-refractivity contribution is 5.62. The monoisotopic (exact) mass is 194 g/mol. The molecule has 0 fully saturated rings. The van der Waals surface area contributed by atoms with Crippen molar-refractivity contribution in [3.05, 3.63) is 12.1 Å². The van der Waals surface area contributed by atoms with Gasteiger partial charge in [-0.3, -0.25) is 0 Å². The zero-order valence-corrected chi connectivity index (χ0v) is 8.99. The Bertz CT molecular complexity index is 309. The summed E-state index contributed by atoms with van der Waals surface area (Å²) in [6.45, 7) is 7.25. The number of hydrogen-bond acceptors (Lipinski definition) is 4. The smallest absolute Gasteiger partial charge is 0.149 e. The van der Waals surface area contributed by atoms with Gasteiger partial charge in [-0.1, -0.05) is 0 Å². The van der Waals surface area contributed by atoms with Crippen molar-refractivity contribution in [1.82, 2.24) is 4.98 Å². The van der Waals surface area contributed by atoms with Crippen LogP contribution in [0, 0.1) is 0 Å². The van der Waals surface area contributed by atoms with E-state index >= 15 is 0 Å². The van der Waals surface area contributed by atoms with Crippen molar-refractivity contribution < 1.29 is 0 Å². The highest BCUT2D eigenvalue weighted by atomic mass is 15.2. The maximum atomic E-state index is 5.65. The molecule has 0 aliphatic heterocycles. The van der Waals surface area contributed by atoms with Crippen LogP contribution in [-0.2, 0) is 0 Å². The van der Waals surface area contributed by atoms with Gasteiger partial charge in [0.15, 0.2) is 0 Å². The van der Waals surface area contributed by atoms with Crippen LogP contribution in [0.5, 0.6) is 0 Å². The molecule has 1 heterocycles. The summed E-state index contributed by atoms with van der Waals surface area (Å²) in [7, 11) is 0. The Labute approximate surface area is 84.9 Å². The quantitative estimate of drug-likeness (QED) is 0.764. The second kappa shape index (κ2) is 4.17. The molecule has 0 radical (unpaired) electrons. The van der Waals surface area contributed by atoms with Gasteiger partial charge < -0.3 is 16.4 Å². The predicted octanol–water partition coefficient (Wildman–Crippen LogP) is 1.48. The lowest BCUT2D eigenvalue weighted by molar-refractivity contribution is 0.694. The fourth-order valence-corrected chi connectivity index (χ4v) is 1.43. The van der Waals surface area contributed by atoms with E-state index in [4.69, 9.17) is 11.5 Å². The summed E-state index contributed by atoms with van der Waals surface area (Å²) in [5.74, 6) is 1.29. The molecular weight excluding hydrogens is 176 g/mol. The van der Waals surface area contributed by atoms with Gasteiger partial charge in [0.2, 0.25) is 0 Å². The normalized spacial score (nSPS) is 10.6. The van der Waals surface area contributed by atoms with Crippen LogP contribution in [0.1, 0.15) is 20.8 Å². The average Bonchev–Trinajstić information content (AvgIpc) is 2.11. The first-order valence-corrected chi connectivity index (χ1v) is 4.85. The molecule has 0 saturated carbocycles. The molecule has 0 saturated heterocycles. The van der Waals surface area contributed by atoms with Gasteiger partial charge in [0.1, 0.15) is 11.6 Å². The van der Waals surface area contributed by atoms with Crippen molar-refractivity contribution in [2.75, 3.05) is 22.9 Å². The largest absolute Gasteiger partial charge is 0.396 e. The molecule has 0 amide bonds. The van der Waals surface area contributed by atoms with Crippen LogP contribution in [0.2, 0.25) is 0 Å². The lowest BCUT2D eigenvalue weighted by Gasteiger charge is -2.26. The lowest BCUT2D eigenvalue weighted by Crippen LogP contribution is -2.31. The molecule has 0 bridgehead atoms. The second-order valence-electron chi connectivity index (χ2n) is 3.52. The SMILES string of the molecule is CCN(c1ccc(N)c(N)n1)C(C)C. The number of nitrogen functional groups attached to an aromatic ring is 2. The minimum Gasteiger partial charge on any atom is -0.396 e. The number of rotatable bonds is 3. The third kappa shape index (κ3) is 2.07. The molecule has 0 unspecified atom stereocenters. The third-order valence-electron chi connectivity index (χ3n) is 2.20. The minimum atomic E-state index is 0.404. The van der Waals surface area contributed by atoms with Crippen molar-refractivity contribution in [3.63, 3.8) is 0 Å². The number of anilines is 3. The van der Waals surface area contributed by atoms with Crippen molar-refractivity contribution in [3.8, 4) is 0 Å². The number of pyridine rings is 1. The first kappa shape index (κ1) is 10.6. The van der Waals surface area contributed by atoms with E-state index in [0.29, 0.717) is 17.5 Å². The van der Waals surface area contributed by atoms with E-state index in [1.807, 2.05) is 6.07 Å². The highest BCUT2D eigenvalue weighted by Crippen LogP contribution is 2.19. The van der Waals surface area contributed by atoms with Crippen LogP contribution in [0.15, 0.2) is 12.1 Å². The Morgan fingerprint density at radius 2 is 2.00 bits per heavy atom. The first-order chi connectivity index (χ1) is 6.56. The Hall–Kier alpha value is -1.45. The van der Waals surface area contributed by atoms with Gasteiger partial charge in [-0.25, -0.2) is 4.98 Å². The third-order valence-corrected chi connectivity index (χ3v) is 2.20. The van der Waals surface area contributed by atoms with E-state index < -0.39 is 0 Å². The van der Waals surface area contributed by atoms with E-state index in [2.05, 4.69) is 30.7 Å². The molecule has 0 aromatic carbocycles. The Balaban J connectivity index is 3.00. The first-order valence-electron chi connectivity index (χ1n) is 4.85. The van der Waals surface area contributed by atoms with Crippen LogP contribution in [0.3, 0.4) is 0 Å². The van der Waals surface area contributed by atoms with Gasteiger partial charge in [-0.2, -0.15) is 0 Å². The van der Waals surface area contributed by atoms with E-state index in [1.54, 1.807) is 6.07 Å². The van der Waals surface area contributed by atoms with Crippen molar-refractivity contribution in [2.24, 2.45) is 0 Å². The van der Waals surface area contributed by atoms with Gasteiger partial charge in [-0.05, 0) is 32.9 Å². The van der Waals surface area contributed by atoms with E-state index in [1.165, 1.54) is 0 Å². The van der Waals surface area contributed by atoms with Crippen molar-refractivity contribution >= 4 is 17.3 Å². The fraction of sp³-hybridized carbons (Fsp3) is 0.500. The highest BCUT2D eigenvalue weighted by Gasteiger charge is 2.10. The standard InChI is InChI=1S/C10H18N4/c1-4-14(7(2)3)9-6-5-8(11)10(12)13-9/h5-7H,4,11H2,1-3H3,(H2,12,13). The molecule has 1 aromatic heterocycles. The Morgan fingerprint density at radius 3 is 2.43 bits per heavy atom. The molecule has 4 heteroatoms. The summed E-state index contributed by atoms with van der Waals surface area (Å²) in [6.07, 6.45) is 0. The van der Waals surface area contributed by atoms with Crippen LogP contribution < -0.4 is 16.4 Å².